The molecule has 186 valence electrons. The second-order valence-corrected chi connectivity index (χ2v) is 10.1. The molecule has 0 aliphatic carbocycles. The summed E-state index contributed by atoms with van der Waals surface area (Å²) < 4.78 is 11.8. The van der Waals surface area contributed by atoms with E-state index in [0.717, 1.165) is 16.7 Å². The van der Waals surface area contributed by atoms with Crippen molar-refractivity contribution in [3.05, 3.63) is 57.9 Å². The zero-order valence-electron chi connectivity index (χ0n) is 20.8. The number of fused-ring (bicyclic) bond motifs is 1. The molecule has 34 heavy (non-hydrogen) atoms. The number of aromatic nitrogens is 1. The summed E-state index contributed by atoms with van der Waals surface area (Å²) in [6.07, 6.45) is 2.53. The Bertz CT molecular complexity index is 978. The van der Waals surface area contributed by atoms with E-state index in [1.807, 2.05) is 50.2 Å². The maximum atomic E-state index is 12.7. The number of nitrogens with zero attached hydrogens (tertiary/aromatic N) is 2. The third-order valence-corrected chi connectivity index (χ3v) is 6.19. The fourth-order valence-electron chi connectivity index (χ4n) is 3.45. The molecule has 2 atom stereocenters. The second-order valence-electron chi connectivity index (χ2n) is 9.71. The number of aryl methyl sites for hydroxylation is 1. The predicted octanol–water partition coefficient (Wildman–Crippen LogP) is 4.66. The molecule has 0 saturated heterocycles. The molecule has 1 aliphatic rings. The Morgan fingerprint density at radius 3 is 2.71 bits per heavy atom. The normalized spacial score (nSPS) is 16.5. The highest BCUT2D eigenvalue weighted by Gasteiger charge is 2.30. The van der Waals surface area contributed by atoms with E-state index in [0.29, 0.717) is 36.1 Å². The number of pyridine rings is 1. The lowest BCUT2D eigenvalue weighted by molar-refractivity contribution is -0.135. The van der Waals surface area contributed by atoms with Crippen LogP contribution in [0, 0.1) is 12.8 Å². The number of rotatable bonds is 10. The maximum Gasteiger partial charge on any atom is 0.311 e. The number of benzene rings is 1. The van der Waals surface area contributed by atoms with E-state index in [9.17, 15) is 4.79 Å². The first-order valence-electron chi connectivity index (χ1n) is 11.5. The van der Waals surface area contributed by atoms with Gasteiger partial charge in [-0.25, -0.2) is 5.01 Å². The minimum absolute atomic E-state index is 0.0438. The number of carbonyl (C=O) groups is 1. The van der Waals surface area contributed by atoms with Crippen molar-refractivity contribution < 1.29 is 19.1 Å². The van der Waals surface area contributed by atoms with Crippen LogP contribution < -0.4 is 15.9 Å². The highest BCUT2D eigenvalue weighted by atomic mass is 35.5. The molecule has 9 heteroatoms. The molecule has 2 N–H and O–H groups in total. The standard InChI is InChI=1S/C25H35ClN4O4/c1-16(11-12-33-29-28-30(6)25(3,4)5)13-22(31)34-23-17(2)27-14-20-21(23)15-32-24(20)18-7-9-19(26)10-8-18/h7-10,14,16,24,28-29H,11-13,15H2,1-6H3. The summed E-state index contributed by atoms with van der Waals surface area (Å²) in [5, 5.41) is 2.58. The van der Waals surface area contributed by atoms with E-state index in [2.05, 4.69) is 36.9 Å². The largest absolute Gasteiger partial charge is 0.424 e. The summed E-state index contributed by atoms with van der Waals surface area (Å²) in [5.41, 5.74) is 9.08. The Kier molecular flexibility index (Phi) is 9.03. The second kappa shape index (κ2) is 11.6. The Morgan fingerprint density at radius 2 is 2.03 bits per heavy atom. The van der Waals surface area contributed by atoms with E-state index >= 15 is 0 Å². The number of carbonyl (C=O) groups excluding carboxylic acids is 1. The fraction of sp³-hybridized carbons (Fsp3) is 0.520. The van der Waals surface area contributed by atoms with E-state index in [1.165, 1.54) is 0 Å². The highest BCUT2D eigenvalue weighted by Crippen LogP contribution is 2.41. The molecule has 8 nitrogen and oxygen atoms in total. The van der Waals surface area contributed by atoms with Crippen LogP contribution in [0.2, 0.25) is 5.02 Å². The molecule has 0 spiro atoms. The van der Waals surface area contributed by atoms with Crippen LogP contribution in [-0.2, 0) is 21.0 Å². The molecule has 3 rings (SSSR count). The van der Waals surface area contributed by atoms with Crippen LogP contribution in [0.4, 0.5) is 0 Å². The molecule has 0 fully saturated rings. The SMILES string of the molecule is Cc1ncc2c(c1OC(=O)CC(C)CCONNN(C)C(C)(C)C)COC2c1ccc(Cl)cc1. The maximum absolute atomic E-state index is 12.7. The van der Waals surface area contributed by atoms with Crippen molar-refractivity contribution in [3.8, 4) is 5.75 Å². The van der Waals surface area contributed by atoms with Crippen LogP contribution in [-0.4, -0.2) is 35.2 Å². The van der Waals surface area contributed by atoms with Crippen molar-refractivity contribution in [3.63, 3.8) is 0 Å². The molecule has 2 unspecified atom stereocenters. The molecule has 0 saturated carbocycles. The number of hydrazine groups is 2. The van der Waals surface area contributed by atoms with E-state index in [1.54, 1.807) is 6.20 Å². The monoisotopic (exact) mass is 490 g/mol. The van der Waals surface area contributed by atoms with Gasteiger partial charge in [-0.3, -0.25) is 14.6 Å². The third kappa shape index (κ3) is 6.97. The quantitative estimate of drug-likeness (QED) is 0.282. The smallest absolute Gasteiger partial charge is 0.311 e. The molecule has 2 aromatic rings. The highest BCUT2D eigenvalue weighted by molar-refractivity contribution is 6.30. The fourth-order valence-corrected chi connectivity index (χ4v) is 3.58. The molecule has 2 heterocycles. The van der Waals surface area contributed by atoms with Crippen molar-refractivity contribution in [1.82, 2.24) is 21.1 Å². The van der Waals surface area contributed by atoms with Gasteiger partial charge in [0.1, 0.15) is 6.10 Å². The van der Waals surface area contributed by atoms with Crippen molar-refractivity contribution in [2.45, 2.75) is 65.7 Å². The zero-order chi connectivity index (χ0) is 24.9. The number of halogens is 1. The lowest BCUT2D eigenvalue weighted by Gasteiger charge is -2.31. The molecule has 1 aromatic heterocycles. The van der Waals surface area contributed by atoms with Crippen molar-refractivity contribution >= 4 is 17.6 Å². The minimum Gasteiger partial charge on any atom is -0.424 e. The van der Waals surface area contributed by atoms with E-state index < -0.39 is 0 Å². The molecule has 1 aromatic carbocycles. The van der Waals surface area contributed by atoms with Gasteiger partial charge in [-0.15, -0.1) is 5.59 Å². The van der Waals surface area contributed by atoms with Gasteiger partial charge in [0.25, 0.3) is 0 Å². The van der Waals surface area contributed by atoms with Crippen LogP contribution in [0.15, 0.2) is 30.5 Å². The van der Waals surface area contributed by atoms with Gasteiger partial charge in [-0.1, -0.05) is 30.7 Å². The number of hydrogen-bond donors (Lipinski definition) is 2. The summed E-state index contributed by atoms with van der Waals surface area (Å²) >= 11 is 6.01. The van der Waals surface area contributed by atoms with Gasteiger partial charge in [0.2, 0.25) is 0 Å². The summed E-state index contributed by atoms with van der Waals surface area (Å²) in [7, 11) is 1.93. The Balaban J connectivity index is 1.52. The number of esters is 1. The van der Waals surface area contributed by atoms with Gasteiger partial charge in [0.15, 0.2) is 5.75 Å². The van der Waals surface area contributed by atoms with E-state index in [4.69, 9.17) is 25.9 Å². The van der Waals surface area contributed by atoms with Crippen LogP contribution in [0.25, 0.3) is 0 Å². The lowest BCUT2D eigenvalue weighted by Crippen LogP contribution is -2.53. The van der Waals surface area contributed by atoms with Crippen LogP contribution in [0.3, 0.4) is 0 Å². The van der Waals surface area contributed by atoms with Gasteiger partial charge in [-0.2, -0.15) is 5.53 Å². The first-order valence-corrected chi connectivity index (χ1v) is 11.9. The number of nitrogens with one attached hydrogen (secondary N) is 2. The molecule has 1 aliphatic heterocycles. The predicted molar refractivity (Wildman–Crippen MR) is 131 cm³/mol. The van der Waals surface area contributed by atoms with Gasteiger partial charge in [0.05, 0.1) is 18.9 Å². The first-order chi connectivity index (χ1) is 16.1. The minimum atomic E-state index is -0.292. The number of ether oxygens (including phenoxy) is 2. The third-order valence-electron chi connectivity index (χ3n) is 5.93. The number of hydrogen-bond acceptors (Lipinski definition) is 8. The Morgan fingerprint density at radius 1 is 1.32 bits per heavy atom. The van der Waals surface area contributed by atoms with E-state index in [-0.39, 0.29) is 30.0 Å². The van der Waals surface area contributed by atoms with Crippen LogP contribution in [0.1, 0.15) is 69.0 Å². The average Bonchev–Trinajstić information content (AvgIpc) is 3.19. The summed E-state index contributed by atoms with van der Waals surface area (Å²) in [5.74, 6) is 0.301. The van der Waals surface area contributed by atoms with Gasteiger partial charge >= 0.3 is 5.97 Å². The molecular formula is C25H35ClN4O4. The van der Waals surface area contributed by atoms with Crippen LogP contribution in [0.5, 0.6) is 5.75 Å². The molecule has 0 amide bonds. The summed E-state index contributed by atoms with van der Waals surface area (Å²) in [4.78, 5) is 22.5. The van der Waals surface area contributed by atoms with Gasteiger partial charge < -0.3 is 9.47 Å². The zero-order valence-corrected chi connectivity index (χ0v) is 21.5. The van der Waals surface area contributed by atoms with Crippen molar-refractivity contribution in [1.29, 1.82) is 0 Å². The van der Waals surface area contributed by atoms with Gasteiger partial charge in [-0.05, 0) is 57.7 Å². The van der Waals surface area contributed by atoms with Crippen molar-refractivity contribution in [2.24, 2.45) is 5.92 Å². The lowest BCUT2D eigenvalue weighted by atomic mass is 10.00. The summed E-state index contributed by atoms with van der Waals surface area (Å²) in [6, 6.07) is 7.53. The summed E-state index contributed by atoms with van der Waals surface area (Å²) in [6.45, 7) is 10.9. The Hall–Kier alpha value is -2.07. The Labute approximate surface area is 206 Å². The van der Waals surface area contributed by atoms with Crippen molar-refractivity contribution in [2.75, 3.05) is 13.7 Å². The topological polar surface area (TPSA) is 85.0 Å². The first kappa shape index (κ1) is 26.5. The van der Waals surface area contributed by atoms with Crippen LogP contribution >= 0.6 is 11.6 Å². The molecule has 0 bridgehead atoms. The molecular weight excluding hydrogens is 456 g/mol. The average molecular weight is 491 g/mol. The molecule has 0 radical (unpaired) electrons. The van der Waals surface area contributed by atoms with Gasteiger partial charge in [0, 0.05) is 41.4 Å².